The van der Waals surface area contributed by atoms with Crippen molar-refractivity contribution in [2.75, 3.05) is 19.6 Å². The van der Waals surface area contributed by atoms with E-state index in [0.717, 1.165) is 16.5 Å². The van der Waals surface area contributed by atoms with Crippen LogP contribution < -0.4 is 71.6 Å². The summed E-state index contributed by atoms with van der Waals surface area (Å²) in [6.45, 7) is 11.2. The summed E-state index contributed by atoms with van der Waals surface area (Å²) in [7, 11) is 0. The number of aromatic hydroxyl groups is 1. The van der Waals surface area contributed by atoms with Crippen molar-refractivity contribution >= 4 is 70.1 Å². The predicted molar refractivity (Wildman–Crippen MR) is 309 cm³/mol. The largest absolute Gasteiger partial charge is 0.508 e. The average molecular weight is 1130 g/mol. The predicted octanol–water partition coefficient (Wildman–Crippen LogP) is -0.551. The molecule has 0 aliphatic rings. The number of hydrogen-bond acceptors (Lipinski definition) is 13. The number of amides is 7. The van der Waals surface area contributed by atoms with E-state index in [2.05, 4.69) is 52.2 Å². The van der Waals surface area contributed by atoms with Crippen LogP contribution in [0.5, 0.6) is 5.75 Å². The topological polar surface area (TPSA) is 458 Å². The quantitative estimate of drug-likeness (QED) is 0.0197. The zero-order valence-corrected chi connectivity index (χ0v) is 47.5. The second-order valence-electron chi connectivity index (χ2n) is 21.1. The molecule has 26 heteroatoms. The summed E-state index contributed by atoms with van der Waals surface area (Å²) in [5.74, 6) is -7.99. The molecule has 448 valence electrons. The van der Waals surface area contributed by atoms with Crippen molar-refractivity contribution in [2.24, 2.45) is 62.1 Å². The highest BCUT2D eigenvalue weighted by Gasteiger charge is 2.36. The van der Waals surface area contributed by atoms with Crippen LogP contribution in [0.3, 0.4) is 0 Å². The summed E-state index contributed by atoms with van der Waals surface area (Å²) < 4.78 is 0. The van der Waals surface area contributed by atoms with E-state index in [-0.39, 0.29) is 101 Å². The van der Waals surface area contributed by atoms with E-state index < -0.39 is 102 Å². The molecule has 7 amide bonds. The highest BCUT2D eigenvalue weighted by Crippen LogP contribution is 2.21. The lowest BCUT2D eigenvalue weighted by Crippen LogP contribution is -2.61. The molecule has 0 saturated carbocycles. The van der Waals surface area contributed by atoms with Crippen LogP contribution in [0.15, 0.2) is 64.7 Å². The molecule has 1 heterocycles. The van der Waals surface area contributed by atoms with Crippen LogP contribution >= 0.6 is 0 Å². The molecule has 3 rings (SSSR count). The van der Waals surface area contributed by atoms with Crippen molar-refractivity contribution in [3.8, 4) is 5.75 Å². The summed E-state index contributed by atoms with van der Waals surface area (Å²) in [6, 6.07) is 3.30. The molecule has 0 unspecified atom stereocenters. The number of para-hydroxylation sites is 1. The molecule has 3 aromatic rings. The van der Waals surface area contributed by atoms with Crippen LogP contribution in [0.1, 0.15) is 110 Å². The van der Waals surface area contributed by atoms with Gasteiger partial charge in [0.15, 0.2) is 11.9 Å². The zero-order valence-electron chi connectivity index (χ0n) is 47.5. The van der Waals surface area contributed by atoms with E-state index in [9.17, 15) is 48.6 Å². The number of aromatic amines is 1. The van der Waals surface area contributed by atoms with E-state index in [1.807, 2.05) is 45.0 Å². The minimum atomic E-state index is -1.40. The minimum absolute atomic E-state index is 0.0345. The first-order chi connectivity index (χ1) is 38.3. The molecule has 22 N–H and O–H groups in total. The van der Waals surface area contributed by atoms with Gasteiger partial charge in [-0.05, 0) is 105 Å². The van der Waals surface area contributed by atoms with E-state index in [4.69, 9.17) is 34.4 Å². The molecule has 0 spiro atoms. The van der Waals surface area contributed by atoms with Gasteiger partial charge >= 0.3 is 5.97 Å². The minimum Gasteiger partial charge on any atom is -0.508 e. The lowest BCUT2D eigenvalue weighted by Gasteiger charge is -2.30. The number of carboxylic acid groups (broad SMARTS) is 1. The van der Waals surface area contributed by atoms with Crippen LogP contribution in [-0.4, -0.2) is 142 Å². The highest BCUT2D eigenvalue weighted by atomic mass is 16.4. The second kappa shape index (κ2) is 34.2. The molecule has 2 aromatic carbocycles. The molecular formula is C55H88N16O10. The fraction of sp³-hybridized carbons (Fsp3) is 0.564. The summed E-state index contributed by atoms with van der Waals surface area (Å²) in [5, 5.41) is 40.0. The number of nitrogens with one attached hydrogen (secondary N) is 8. The summed E-state index contributed by atoms with van der Waals surface area (Å²) >= 11 is 0. The van der Waals surface area contributed by atoms with Crippen molar-refractivity contribution < 1.29 is 48.6 Å². The van der Waals surface area contributed by atoms with Gasteiger partial charge in [0, 0.05) is 43.0 Å². The molecule has 81 heavy (non-hydrogen) atoms. The van der Waals surface area contributed by atoms with E-state index in [0.29, 0.717) is 24.8 Å². The van der Waals surface area contributed by atoms with Gasteiger partial charge in [-0.15, -0.1) is 0 Å². The monoisotopic (exact) mass is 1130 g/mol. The number of fused-ring (bicyclic) bond motifs is 1. The molecule has 0 fully saturated rings. The number of rotatable bonds is 36. The van der Waals surface area contributed by atoms with Crippen molar-refractivity contribution in [3.05, 3.63) is 65.9 Å². The summed E-state index contributed by atoms with van der Waals surface area (Å²) in [5.41, 5.74) is 35.9. The number of guanidine groups is 2. The van der Waals surface area contributed by atoms with E-state index in [1.165, 1.54) is 12.1 Å². The standard InChI is InChI=1S/C55H88N16O10/c1-7-32(6)45(71-50(77)43(69-51(78)44(57)31(4)5)28-34-29-64-37-15-9-8-14-36(34)37)52(79)70-42(27-33-19-21-35(72)22-20-33)49(76)68-41(26-30(2)3)48(75)66-39(17-12-24-62-54(58)59)46(73)65-38(16-10-11-23-56)47(74)67-40(53(80)81)18-13-25-63-55(60)61/h8-9,14-15,19-22,29-32,38-45,64,72H,7,10-13,16-18,23-28,56-57H2,1-6H3,(H,65,73)(H,66,75)(H,67,74)(H,68,76)(H,69,78)(H,70,79)(H,71,77)(H,80,81)(H4,58,59,62)(H4,60,61,63)/t32-,38-,39-,40-,41-,42-,43-,44-,45-/m0/s1. The normalized spacial score (nSPS) is 14.6. The third kappa shape index (κ3) is 23.3. The number of nitrogens with zero attached hydrogens (tertiary/aromatic N) is 2. The van der Waals surface area contributed by atoms with Gasteiger partial charge in [0.25, 0.3) is 0 Å². The maximum absolute atomic E-state index is 14.7. The molecule has 0 bridgehead atoms. The Morgan fingerprint density at radius 1 is 0.580 bits per heavy atom. The number of aromatic nitrogens is 1. The molecular weight excluding hydrogens is 1040 g/mol. The third-order valence-corrected chi connectivity index (χ3v) is 13.6. The number of benzene rings is 2. The van der Waals surface area contributed by atoms with Crippen LogP contribution in [0.2, 0.25) is 0 Å². The van der Waals surface area contributed by atoms with Gasteiger partial charge in [-0.1, -0.05) is 78.3 Å². The number of H-pyrrole nitrogens is 1. The summed E-state index contributed by atoms with van der Waals surface area (Å²) in [4.78, 5) is 123. The van der Waals surface area contributed by atoms with E-state index in [1.54, 1.807) is 39.1 Å². The first-order valence-corrected chi connectivity index (χ1v) is 27.6. The van der Waals surface area contributed by atoms with Crippen molar-refractivity contribution in [1.82, 2.24) is 42.2 Å². The molecule has 26 nitrogen and oxygen atoms in total. The van der Waals surface area contributed by atoms with Crippen molar-refractivity contribution in [1.29, 1.82) is 0 Å². The fourth-order valence-electron chi connectivity index (χ4n) is 8.68. The number of carbonyl (C=O) groups excluding carboxylic acids is 7. The highest BCUT2D eigenvalue weighted by molar-refractivity contribution is 5.98. The van der Waals surface area contributed by atoms with Crippen molar-refractivity contribution in [3.63, 3.8) is 0 Å². The molecule has 1 aromatic heterocycles. The summed E-state index contributed by atoms with van der Waals surface area (Å²) in [6.07, 6.45) is 3.23. The first kappa shape index (κ1) is 67.3. The number of hydrogen-bond donors (Lipinski definition) is 16. The van der Waals surface area contributed by atoms with Crippen LogP contribution in [0, 0.1) is 17.8 Å². The van der Waals surface area contributed by atoms with Gasteiger partial charge in [0.2, 0.25) is 41.4 Å². The van der Waals surface area contributed by atoms with Gasteiger partial charge in [-0.25, -0.2) is 4.79 Å². The lowest BCUT2D eigenvalue weighted by molar-refractivity contribution is -0.142. The van der Waals surface area contributed by atoms with Gasteiger partial charge in [-0.3, -0.25) is 43.5 Å². The Bertz CT molecular complexity index is 2600. The fourth-order valence-corrected chi connectivity index (χ4v) is 8.68. The third-order valence-electron chi connectivity index (χ3n) is 13.6. The van der Waals surface area contributed by atoms with Crippen molar-refractivity contribution in [2.45, 2.75) is 161 Å². The lowest BCUT2D eigenvalue weighted by atomic mass is 9.95. The Morgan fingerprint density at radius 2 is 1.06 bits per heavy atom. The Balaban J connectivity index is 1.99. The second-order valence-corrected chi connectivity index (χ2v) is 21.1. The van der Waals surface area contributed by atoms with Gasteiger partial charge < -0.3 is 86.8 Å². The molecule has 0 aliphatic carbocycles. The Morgan fingerprint density at radius 3 is 1.60 bits per heavy atom. The maximum atomic E-state index is 14.7. The number of unbranched alkanes of at least 4 members (excludes halogenated alkanes) is 1. The van der Waals surface area contributed by atoms with Crippen LogP contribution in [-0.2, 0) is 51.2 Å². The number of carbonyl (C=O) groups is 8. The molecule has 0 aliphatic heterocycles. The van der Waals surface area contributed by atoms with Gasteiger partial charge in [0.05, 0.1) is 6.04 Å². The number of phenols is 1. The first-order valence-electron chi connectivity index (χ1n) is 27.6. The number of carboxylic acids is 1. The zero-order chi connectivity index (χ0) is 60.3. The maximum Gasteiger partial charge on any atom is 0.326 e. The van der Waals surface area contributed by atoms with Gasteiger partial charge in [0.1, 0.15) is 48.0 Å². The molecule has 0 saturated heterocycles. The number of nitrogens with two attached hydrogens (primary N) is 6. The molecule has 0 radical (unpaired) electrons. The Hall–Kier alpha value is -8.00. The van der Waals surface area contributed by atoms with E-state index >= 15 is 0 Å². The molecule has 9 atom stereocenters. The van der Waals surface area contributed by atoms with Crippen LogP contribution in [0.4, 0.5) is 0 Å². The SMILES string of the molecule is CC[C@H](C)[C@H](NC(=O)[C@H](Cc1c[nH]c2ccccc12)NC(=O)[C@@H](N)C(C)C)C(=O)N[C@@H](Cc1ccc(O)cc1)C(=O)N[C@@H](CC(C)C)C(=O)N[C@@H](CCCN=C(N)N)C(=O)N[C@@H](CCCCN)C(=O)N[C@@H](CCCN=C(N)N)C(=O)O. The smallest absolute Gasteiger partial charge is 0.326 e. The van der Waals surface area contributed by atoms with Crippen LogP contribution in [0.25, 0.3) is 10.9 Å². The number of aliphatic imine (C=N–C) groups is 2. The number of phenolic OH excluding ortho intramolecular Hbond substituents is 1. The average Bonchev–Trinajstić information content (AvgIpc) is 3.86. The Labute approximate surface area is 473 Å². The van der Waals surface area contributed by atoms with Gasteiger partial charge in [-0.2, -0.15) is 0 Å². The number of aliphatic carboxylic acids is 1. The Kier molecular flexibility index (Phi) is 28.4.